The maximum Gasteiger partial charge on any atom is 0.222 e. The van der Waals surface area contributed by atoms with Gasteiger partial charge in [-0.15, -0.1) is 12.4 Å². The molecule has 70 valence electrons. The molecule has 2 aliphatic rings. The maximum atomic E-state index is 11.3. The van der Waals surface area contributed by atoms with Crippen LogP contribution in [0.1, 0.15) is 19.3 Å². The molecule has 2 fully saturated rings. The van der Waals surface area contributed by atoms with Crippen molar-refractivity contribution in [2.75, 3.05) is 19.6 Å². The first-order chi connectivity index (χ1) is 5.38. The number of likely N-dealkylation sites (tertiary alicyclic amines) is 1. The molecule has 12 heavy (non-hydrogen) atoms. The van der Waals surface area contributed by atoms with Crippen LogP contribution in [0.3, 0.4) is 0 Å². The van der Waals surface area contributed by atoms with Gasteiger partial charge in [0.15, 0.2) is 0 Å². The fourth-order valence-electron chi connectivity index (χ4n) is 1.96. The highest BCUT2D eigenvalue weighted by atomic mass is 35.5. The molecule has 0 bridgehead atoms. The van der Waals surface area contributed by atoms with E-state index in [-0.39, 0.29) is 12.4 Å². The van der Waals surface area contributed by atoms with Crippen LogP contribution in [0.15, 0.2) is 0 Å². The summed E-state index contributed by atoms with van der Waals surface area (Å²) < 4.78 is 0. The van der Waals surface area contributed by atoms with Crippen molar-refractivity contribution >= 4 is 18.3 Å². The zero-order valence-corrected chi connectivity index (χ0v) is 7.90. The highest BCUT2D eigenvalue weighted by Gasteiger charge is 2.29. The Bertz CT molecular complexity index is 168. The molecule has 0 unspecified atom stereocenters. The molecule has 0 saturated carbocycles. The fraction of sp³-hybridized carbons (Fsp3) is 0.875. The zero-order chi connectivity index (χ0) is 7.68. The smallest absolute Gasteiger partial charge is 0.222 e. The molecule has 2 saturated heterocycles. The molecule has 0 aliphatic carbocycles. The lowest BCUT2D eigenvalue weighted by Gasteiger charge is -2.22. The Balaban J connectivity index is 0.000000720. The zero-order valence-electron chi connectivity index (χ0n) is 7.08. The van der Waals surface area contributed by atoms with Gasteiger partial charge in [-0.2, -0.15) is 0 Å². The third kappa shape index (κ3) is 1.72. The predicted molar refractivity (Wildman–Crippen MR) is 49.5 cm³/mol. The van der Waals surface area contributed by atoms with Gasteiger partial charge in [-0.25, -0.2) is 0 Å². The monoisotopic (exact) mass is 190 g/mol. The number of carbonyl (C=O) groups excluding carboxylic acids is 1. The van der Waals surface area contributed by atoms with Crippen molar-refractivity contribution < 1.29 is 4.79 Å². The molecule has 0 radical (unpaired) electrons. The molecule has 4 heteroatoms. The van der Waals surface area contributed by atoms with Crippen LogP contribution in [0.25, 0.3) is 0 Å². The molecule has 0 aromatic carbocycles. The lowest BCUT2D eigenvalue weighted by molar-refractivity contribution is -0.129. The summed E-state index contributed by atoms with van der Waals surface area (Å²) in [6.45, 7) is 3.07. The van der Waals surface area contributed by atoms with Crippen molar-refractivity contribution in [2.24, 2.45) is 0 Å². The van der Waals surface area contributed by atoms with Gasteiger partial charge in [0.1, 0.15) is 0 Å². The summed E-state index contributed by atoms with van der Waals surface area (Å²) in [6, 6.07) is 0.505. The van der Waals surface area contributed by atoms with Crippen molar-refractivity contribution in [2.45, 2.75) is 25.3 Å². The predicted octanol–water partition coefficient (Wildman–Crippen LogP) is 0.392. The molecule has 0 aromatic heterocycles. The van der Waals surface area contributed by atoms with E-state index in [1.165, 1.54) is 0 Å². The van der Waals surface area contributed by atoms with Gasteiger partial charge >= 0.3 is 0 Å². The van der Waals surface area contributed by atoms with E-state index in [1.807, 2.05) is 4.90 Å². The van der Waals surface area contributed by atoms with Gasteiger partial charge in [0.2, 0.25) is 5.91 Å². The van der Waals surface area contributed by atoms with E-state index < -0.39 is 0 Å². The van der Waals surface area contributed by atoms with Gasteiger partial charge < -0.3 is 10.2 Å². The minimum atomic E-state index is 0. The fourth-order valence-corrected chi connectivity index (χ4v) is 1.96. The van der Waals surface area contributed by atoms with Gasteiger partial charge in [0.05, 0.1) is 0 Å². The minimum absolute atomic E-state index is 0. The largest absolute Gasteiger partial charge is 0.338 e. The van der Waals surface area contributed by atoms with Crippen LogP contribution in [0.2, 0.25) is 0 Å². The number of amides is 1. The average Bonchev–Trinajstić information content (AvgIpc) is 2.55. The molecule has 1 N–H and O–H groups in total. The summed E-state index contributed by atoms with van der Waals surface area (Å²) in [6.07, 6.45) is 2.98. The molecule has 0 aromatic rings. The second-order valence-electron chi connectivity index (χ2n) is 3.34. The Morgan fingerprint density at radius 2 is 2.33 bits per heavy atom. The van der Waals surface area contributed by atoms with Crippen LogP contribution in [0, 0.1) is 0 Å². The van der Waals surface area contributed by atoms with Crippen LogP contribution in [-0.2, 0) is 4.79 Å². The third-order valence-corrected chi connectivity index (χ3v) is 2.59. The number of hydrogen-bond acceptors (Lipinski definition) is 2. The number of hydrogen-bond donors (Lipinski definition) is 1. The van der Waals surface area contributed by atoms with E-state index in [0.29, 0.717) is 11.9 Å². The summed E-state index contributed by atoms with van der Waals surface area (Å²) >= 11 is 0. The summed E-state index contributed by atoms with van der Waals surface area (Å²) in [7, 11) is 0. The second kappa shape index (κ2) is 4.10. The van der Waals surface area contributed by atoms with Crippen LogP contribution < -0.4 is 5.32 Å². The Kier molecular flexibility index (Phi) is 3.35. The number of halogens is 1. The SMILES string of the molecule is Cl.O=C1CCCN1[C@@H]1CCNC1. The Morgan fingerprint density at radius 3 is 2.83 bits per heavy atom. The van der Waals surface area contributed by atoms with Gasteiger partial charge in [0.25, 0.3) is 0 Å². The molecule has 1 amide bonds. The number of nitrogens with zero attached hydrogens (tertiary/aromatic N) is 1. The number of carbonyl (C=O) groups is 1. The second-order valence-corrected chi connectivity index (χ2v) is 3.34. The van der Waals surface area contributed by atoms with Gasteiger partial charge in [-0.05, 0) is 19.4 Å². The molecule has 2 aliphatic heterocycles. The Labute approximate surface area is 78.9 Å². The Morgan fingerprint density at radius 1 is 1.50 bits per heavy atom. The lowest BCUT2D eigenvalue weighted by atomic mass is 10.2. The number of nitrogens with one attached hydrogen (secondary N) is 1. The first-order valence-electron chi connectivity index (χ1n) is 4.38. The van der Waals surface area contributed by atoms with E-state index in [2.05, 4.69) is 5.32 Å². The van der Waals surface area contributed by atoms with E-state index >= 15 is 0 Å². The first kappa shape index (κ1) is 9.81. The van der Waals surface area contributed by atoms with Crippen molar-refractivity contribution in [3.63, 3.8) is 0 Å². The van der Waals surface area contributed by atoms with E-state index in [1.54, 1.807) is 0 Å². The molecule has 3 nitrogen and oxygen atoms in total. The van der Waals surface area contributed by atoms with Crippen molar-refractivity contribution in [1.82, 2.24) is 10.2 Å². The van der Waals surface area contributed by atoms with Crippen LogP contribution in [-0.4, -0.2) is 36.5 Å². The van der Waals surface area contributed by atoms with Gasteiger partial charge in [0, 0.05) is 25.6 Å². The highest BCUT2D eigenvalue weighted by Crippen LogP contribution is 2.16. The molecular formula is C8H15ClN2O. The Hall–Kier alpha value is -0.280. The average molecular weight is 191 g/mol. The molecular weight excluding hydrogens is 176 g/mol. The van der Waals surface area contributed by atoms with Crippen LogP contribution >= 0.6 is 12.4 Å². The third-order valence-electron chi connectivity index (χ3n) is 2.59. The molecule has 1 atom stereocenters. The van der Waals surface area contributed by atoms with Crippen molar-refractivity contribution in [3.8, 4) is 0 Å². The molecule has 2 rings (SSSR count). The summed E-state index contributed by atoms with van der Waals surface area (Å²) in [4.78, 5) is 13.3. The number of rotatable bonds is 1. The molecule has 0 spiro atoms. The normalized spacial score (nSPS) is 29.2. The summed E-state index contributed by atoms with van der Waals surface area (Å²) in [5.41, 5.74) is 0. The first-order valence-corrected chi connectivity index (χ1v) is 4.38. The van der Waals surface area contributed by atoms with Crippen molar-refractivity contribution in [1.29, 1.82) is 0 Å². The highest BCUT2D eigenvalue weighted by molar-refractivity contribution is 5.85. The molecule has 2 heterocycles. The quantitative estimate of drug-likeness (QED) is 0.649. The van der Waals surface area contributed by atoms with Gasteiger partial charge in [-0.1, -0.05) is 0 Å². The van der Waals surface area contributed by atoms with E-state index in [4.69, 9.17) is 0 Å². The summed E-state index contributed by atoms with van der Waals surface area (Å²) in [5.74, 6) is 0.360. The maximum absolute atomic E-state index is 11.3. The van der Waals surface area contributed by atoms with E-state index in [9.17, 15) is 4.79 Å². The van der Waals surface area contributed by atoms with Gasteiger partial charge in [-0.3, -0.25) is 4.79 Å². The van der Waals surface area contributed by atoms with Crippen LogP contribution in [0.4, 0.5) is 0 Å². The summed E-state index contributed by atoms with van der Waals surface area (Å²) in [5, 5.41) is 3.28. The topological polar surface area (TPSA) is 32.3 Å². The minimum Gasteiger partial charge on any atom is -0.338 e. The van der Waals surface area contributed by atoms with Crippen molar-refractivity contribution in [3.05, 3.63) is 0 Å². The van der Waals surface area contributed by atoms with Crippen LogP contribution in [0.5, 0.6) is 0 Å². The standard InChI is InChI=1S/C8H14N2O.ClH/c11-8-2-1-5-10(8)7-3-4-9-6-7;/h7,9H,1-6H2;1H/t7-;/m1./s1. The van der Waals surface area contributed by atoms with E-state index in [0.717, 1.165) is 38.9 Å². The lowest BCUT2D eigenvalue weighted by Crippen LogP contribution is -2.37.